The highest BCUT2D eigenvalue weighted by atomic mass is 16.6. The van der Waals surface area contributed by atoms with Crippen LogP contribution in [0.2, 0.25) is 0 Å². The second-order valence-corrected chi connectivity index (χ2v) is 25.6. The Bertz CT molecular complexity index is 1260. The van der Waals surface area contributed by atoms with Gasteiger partial charge in [0.25, 0.3) is 0 Å². The van der Waals surface area contributed by atoms with Crippen molar-refractivity contribution >= 4 is 17.9 Å². The van der Waals surface area contributed by atoms with Crippen LogP contribution in [0.15, 0.2) is 12.2 Å². The van der Waals surface area contributed by atoms with E-state index >= 15 is 0 Å². The molecule has 0 aromatic heterocycles. The summed E-state index contributed by atoms with van der Waals surface area (Å²) in [7, 11) is 0. The number of hydrogen-bond acceptors (Lipinski definition) is 6. The van der Waals surface area contributed by atoms with E-state index in [9.17, 15) is 14.4 Å². The number of ether oxygens (including phenoxy) is 3. The Morgan fingerprint density at radius 2 is 0.407 bits per heavy atom. The predicted molar refractivity (Wildman–Crippen MR) is 353 cm³/mol. The summed E-state index contributed by atoms with van der Waals surface area (Å²) in [5, 5.41) is 0. The molecule has 0 bridgehead atoms. The first kappa shape index (κ1) is 79.2. The largest absolute Gasteiger partial charge is 0.462 e. The molecular formula is C75H144O6. The van der Waals surface area contributed by atoms with Gasteiger partial charge < -0.3 is 14.2 Å². The number of allylic oxidation sites excluding steroid dienone is 2. The minimum atomic E-state index is -0.770. The van der Waals surface area contributed by atoms with Gasteiger partial charge in [-0.15, -0.1) is 0 Å². The second-order valence-electron chi connectivity index (χ2n) is 25.6. The number of rotatable bonds is 70. The Morgan fingerprint density at radius 1 is 0.235 bits per heavy atom. The molecule has 0 aromatic carbocycles. The lowest BCUT2D eigenvalue weighted by Crippen LogP contribution is -2.30. The van der Waals surface area contributed by atoms with Gasteiger partial charge in [0, 0.05) is 19.3 Å². The monoisotopic (exact) mass is 1140 g/mol. The molecule has 0 aliphatic carbocycles. The first-order valence-electron chi connectivity index (χ1n) is 37.2. The lowest BCUT2D eigenvalue weighted by atomic mass is 10.0. The van der Waals surface area contributed by atoms with Crippen molar-refractivity contribution in [2.75, 3.05) is 13.2 Å². The third-order valence-electron chi connectivity index (χ3n) is 17.3. The van der Waals surface area contributed by atoms with Gasteiger partial charge in [-0.1, -0.05) is 380 Å². The van der Waals surface area contributed by atoms with Crippen LogP contribution in [-0.4, -0.2) is 37.2 Å². The Kier molecular flexibility index (Phi) is 69.0. The fourth-order valence-corrected chi connectivity index (χ4v) is 11.7. The molecule has 0 saturated heterocycles. The zero-order valence-corrected chi connectivity index (χ0v) is 55.4. The summed E-state index contributed by atoms with van der Waals surface area (Å²) in [6.45, 7) is 6.73. The molecule has 0 saturated carbocycles. The lowest BCUT2D eigenvalue weighted by molar-refractivity contribution is -0.167. The van der Waals surface area contributed by atoms with Gasteiger partial charge in [0.1, 0.15) is 13.2 Å². The van der Waals surface area contributed by atoms with Gasteiger partial charge in [-0.05, 0) is 44.9 Å². The van der Waals surface area contributed by atoms with Gasteiger partial charge >= 0.3 is 17.9 Å². The summed E-state index contributed by atoms with van der Waals surface area (Å²) in [6, 6.07) is 0. The van der Waals surface area contributed by atoms with E-state index in [1.165, 1.54) is 327 Å². The minimum absolute atomic E-state index is 0.0654. The van der Waals surface area contributed by atoms with Crippen molar-refractivity contribution in [3.8, 4) is 0 Å². The number of carbonyl (C=O) groups is 3. The van der Waals surface area contributed by atoms with Crippen molar-refractivity contribution in [3.63, 3.8) is 0 Å². The van der Waals surface area contributed by atoms with Gasteiger partial charge in [-0.2, -0.15) is 0 Å². The molecule has 0 amide bonds. The Morgan fingerprint density at radius 3 is 0.617 bits per heavy atom. The highest BCUT2D eigenvalue weighted by molar-refractivity contribution is 5.71. The highest BCUT2D eigenvalue weighted by Crippen LogP contribution is 2.20. The molecule has 6 heteroatoms. The molecule has 480 valence electrons. The van der Waals surface area contributed by atoms with E-state index < -0.39 is 6.10 Å². The molecule has 0 radical (unpaired) electrons. The maximum Gasteiger partial charge on any atom is 0.306 e. The van der Waals surface area contributed by atoms with Crippen molar-refractivity contribution in [2.45, 2.75) is 438 Å². The summed E-state index contributed by atoms with van der Waals surface area (Å²) in [6.07, 6.45) is 85.4. The summed E-state index contributed by atoms with van der Waals surface area (Å²) in [5.74, 6) is -0.835. The Balaban J connectivity index is 4.22. The number of unbranched alkanes of at least 4 members (excludes halogenated alkanes) is 57. The van der Waals surface area contributed by atoms with Gasteiger partial charge in [0.15, 0.2) is 6.10 Å². The third kappa shape index (κ3) is 68.8. The van der Waals surface area contributed by atoms with Crippen LogP contribution in [0.1, 0.15) is 432 Å². The van der Waals surface area contributed by atoms with Crippen molar-refractivity contribution in [1.82, 2.24) is 0 Å². The maximum absolute atomic E-state index is 13.0. The van der Waals surface area contributed by atoms with Crippen LogP contribution in [-0.2, 0) is 28.6 Å². The maximum atomic E-state index is 13.0. The van der Waals surface area contributed by atoms with E-state index in [1.54, 1.807) is 0 Å². The molecule has 0 heterocycles. The topological polar surface area (TPSA) is 78.9 Å². The second kappa shape index (κ2) is 70.6. The molecule has 0 rings (SSSR count). The quantitative estimate of drug-likeness (QED) is 0.0261. The zero-order chi connectivity index (χ0) is 58.5. The third-order valence-corrected chi connectivity index (χ3v) is 17.3. The number of carbonyl (C=O) groups excluding carboxylic acids is 3. The number of esters is 3. The van der Waals surface area contributed by atoms with Crippen LogP contribution < -0.4 is 0 Å². The van der Waals surface area contributed by atoms with Crippen molar-refractivity contribution in [2.24, 2.45) is 0 Å². The molecule has 6 nitrogen and oxygen atoms in total. The number of hydrogen-bond donors (Lipinski definition) is 0. The van der Waals surface area contributed by atoms with E-state index in [-0.39, 0.29) is 31.1 Å². The summed E-state index contributed by atoms with van der Waals surface area (Å²) in [4.78, 5) is 38.5. The zero-order valence-electron chi connectivity index (χ0n) is 55.4. The molecule has 1 unspecified atom stereocenters. The molecule has 0 spiro atoms. The Labute approximate surface area is 507 Å². The van der Waals surface area contributed by atoms with Crippen molar-refractivity contribution in [3.05, 3.63) is 12.2 Å². The van der Waals surface area contributed by atoms with E-state index in [0.29, 0.717) is 19.3 Å². The van der Waals surface area contributed by atoms with Crippen LogP contribution >= 0.6 is 0 Å². The normalized spacial score (nSPS) is 12.0. The summed E-state index contributed by atoms with van der Waals surface area (Å²) in [5.41, 5.74) is 0. The fourth-order valence-electron chi connectivity index (χ4n) is 11.7. The fraction of sp³-hybridized carbons (Fsp3) is 0.933. The molecule has 0 aliphatic heterocycles. The highest BCUT2D eigenvalue weighted by Gasteiger charge is 2.20. The summed E-state index contributed by atoms with van der Waals surface area (Å²) < 4.78 is 17.0. The predicted octanol–water partition coefficient (Wildman–Crippen LogP) is 25.6. The summed E-state index contributed by atoms with van der Waals surface area (Å²) >= 11 is 0. The van der Waals surface area contributed by atoms with Crippen LogP contribution in [0.4, 0.5) is 0 Å². The standard InChI is InChI=1S/C75H144O6/c1-4-7-10-13-16-19-22-25-28-31-33-35-36-37-38-39-40-41-43-44-47-50-53-56-59-62-65-68-74(77)80-71-72(70-79-73(76)67-64-61-58-55-52-49-46-30-27-24-21-18-15-12-9-6-3)81-75(78)69-66-63-60-57-54-51-48-45-42-34-32-29-26-23-20-17-14-11-8-5-2/h30,46,72H,4-29,31-45,47-71H2,1-3H3/b46-30-. The molecule has 81 heavy (non-hydrogen) atoms. The van der Waals surface area contributed by atoms with Crippen LogP contribution in [0.25, 0.3) is 0 Å². The molecule has 0 N–H and O–H groups in total. The van der Waals surface area contributed by atoms with Crippen LogP contribution in [0, 0.1) is 0 Å². The van der Waals surface area contributed by atoms with Crippen LogP contribution in [0.3, 0.4) is 0 Å². The van der Waals surface area contributed by atoms with Crippen LogP contribution in [0.5, 0.6) is 0 Å². The van der Waals surface area contributed by atoms with E-state index in [4.69, 9.17) is 14.2 Å². The van der Waals surface area contributed by atoms with Crippen molar-refractivity contribution < 1.29 is 28.6 Å². The van der Waals surface area contributed by atoms with E-state index in [0.717, 1.165) is 64.2 Å². The smallest absolute Gasteiger partial charge is 0.306 e. The average Bonchev–Trinajstić information content (AvgIpc) is 3.47. The molecule has 0 aliphatic rings. The van der Waals surface area contributed by atoms with E-state index in [1.807, 2.05) is 0 Å². The molecule has 0 fully saturated rings. The Hall–Kier alpha value is -1.85. The van der Waals surface area contributed by atoms with Crippen molar-refractivity contribution in [1.29, 1.82) is 0 Å². The van der Waals surface area contributed by atoms with E-state index in [2.05, 4.69) is 32.9 Å². The van der Waals surface area contributed by atoms with Gasteiger partial charge in [-0.3, -0.25) is 14.4 Å². The first-order chi connectivity index (χ1) is 40.0. The molecule has 1 atom stereocenters. The average molecular weight is 1140 g/mol. The minimum Gasteiger partial charge on any atom is -0.462 e. The first-order valence-corrected chi connectivity index (χ1v) is 37.2. The van der Waals surface area contributed by atoms with Gasteiger partial charge in [0.05, 0.1) is 0 Å². The molecular weight excluding hydrogens is 997 g/mol. The molecule has 0 aromatic rings. The SMILES string of the molecule is CCCCCCCCC/C=C\CCCCCCCC(=O)OCC(COC(=O)CCCCCCCCCCCCCCCCCCCCCCCCCCCCC)OC(=O)CCCCCCCCCCCCCCCCCCCCCC. The van der Waals surface area contributed by atoms with Gasteiger partial charge in [-0.25, -0.2) is 0 Å². The lowest BCUT2D eigenvalue weighted by Gasteiger charge is -2.18. The van der Waals surface area contributed by atoms with Gasteiger partial charge in [0.2, 0.25) is 0 Å².